The van der Waals surface area contributed by atoms with Crippen LogP contribution >= 0.6 is 0 Å². The van der Waals surface area contributed by atoms with Crippen molar-refractivity contribution in [3.05, 3.63) is 96.1 Å². The molecule has 42 heteroatoms. The predicted octanol–water partition coefficient (Wildman–Crippen LogP) is -8.38. The van der Waals surface area contributed by atoms with Crippen LogP contribution in [0.2, 0.25) is 0 Å². The topological polar surface area (TPSA) is 564 Å². The number of nitrogens with zero attached hydrogens (tertiary/aromatic N) is 10. The second kappa shape index (κ2) is 42.3. The first-order chi connectivity index (χ1) is 43.7. The predicted molar refractivity (Wildman–Crippen MR) is 331 cm³/mol. The Morgan fingerprint density at radius 1 is 0.362 bits per heavy atom. The van der Waals surface area contributed by atoms with Gasteiger partial charge in [-0.25, -0.2) is 16.8 Å². The van der Waals surface area contributed by atoms with Gasteiger partial charge in [-0.05, 0) is 71.8 Å². The molecule has 0 aliphatic heterocycles. The van der Waals surface area contributed by atoms with E-state index in [1.165, 1.54) is 58.3 Å². The molecule has 6 rings (SSSR count). The smallest absolute Gasteiger partial charge is 0.744 e. The zero-order valence-electron chi connectivity index (χ0n) is 50.9. The summed E-state index contributed by atoms with van der Waals surface area (Å²) in [5.41, 5.74) is -0.450. The Morgan fingerprint density at radius 3 is 0.957 bits per heavy atom. The Balaban J connectivity index is 0.00000118. The van der Waals surface area contributed by atoms with Gasteiger partial charge in [0.1, 0.15) is 25.1 Å². The van der Waals surface area contributed by atoms with E-state index in [-0.39, 0.29) is 195 Å². The standard InChI is InChI=1S/C40H44N12O16S4.2C6H15NO3.2Na/c53-17-13-51(14-18-54)39-47-35(41-27-3-1-5-31(21-27)69(57,58)59)45-37(49-39)43-29-11-9-25(33(23-29)71(63,64)65)7-8-26-10-12-30(24-34(26)72(66,67)68)44-38-46-36(48-40(50-38)52(15-19-55)16-20-56)42-28-4-2-6-32(22-28)70(60,61)62;2*8-4-1-7(2-5-9)3-6-10;;/h1-12,21-24,53-56H,13-20H2,(H,57,58,59)(H,60,61,62)(H,63,64,65)(H,66,67,68)(H2,41,43,45,47,49)(H2,42,44,46,48,50);2*8-10H,1-6H2;;/q;;;2*+1/p-2/b8-7+;;;;. The first-order valence-electron chi connectivity index (χ1n) is 27.3. The van der Waals surface area contributed by atoms with Crippen molar-refractivity contribution in [1.29, 1.82) is 0 Å². The van der Waals surface area contributed by atoms with E-state index in [4.69, 9.17) is 30.6 Å². The van der Waals surface area contributed by atoms with Gasteiger partial charge in [-0.1, -0.05) is 36.4 Å². The summed E-state index contributed by atoms with van der Waals surface area (Å²) in [6.07, 6.45) is 2.17. The van der Waals surface area contributed by atoms with Crippen LogP contribution in [0.4, 0.5) is 58.4 Å². The molecule has 508 valence electrons. The van der Waals surface area contributed by atoms with Crippen LogP contribution in [0.25, 0.3) is 12.2 Å². The maximum atomic E-state index is 12.8. The molecule has 4 aromatic carbocycles. The number of hydrogen-bond donors (Lipinski definition) is 16. The summed E-state index contributed by atoms with van der Waals surface area (Å²) >= 11 is 0. The fourth-order valence-electron chi connectivity index (χ4n) is 7.96. The zero-order chi connectivity index (χ0) is 68.1. The summed E-state index contributed by atoms with van der Waals surface area (Å²) in [5, 5.41) is 101. The van der Waals surface area contributed by atoms with Crippen molar-refractivity contribution in [1.82, 2.24) is 39.7 Å². The second-order valence-corrected chi connectivity index (χ2v) is 24.3. The number of nitrogens with one attached hydrogen (secondary N) is 4. The molecular weight excluding hydrogens is 1350 g/mol. The van der Waals surface area contributed by atoms with Crippen LogP contribution in [0.15, 0.2) is 105 Å². The monoisotopic (exact) mass is 1420 g/mol. The molecule has 94 heavy (non-hydrogen) atoms. The van der Waals surface area contributed by atoms with Gasteiger partial charge in [-0.3, -0.25) is 18.9 Å². The Labute approximate surface area is 586 Å². The van der Waals surface area contributed by atoms with Crippen molar-refractivity contribution in [3.8, 4) is 0 Å². The molecule has 0 unspecified atom stereocenters. The van der Waals surface area contributed by atoms with Crippen LogP contribution in [-0.2, 0) is 40.5 Å². The molecule has 0 saturated carbocycles. The van der Waals surface area contributed by atoms with Gasteiger partial charge >= 0.3 is 59.1 Å². The molecule has 0 aliphatic rings. The summed E-state index contributed by atoms with van der Waals surface area (Å²) < 4.78 is 142. The third-order valence-electron chi connectivity index (χ3n) is 12.1. The van der Waals surface area contributed by atoms with Crippen LogP contribution < -0.4 is 90.2 Å². The van der Waals surface area contributed by atoms with Crippen LogP contribution in [0, 0.1) is 0 Å². The van der Waals surface area contributed by atoms with Gasteiger partial charge < -0.3 is 91.2 Å². The van der Waals surface area contributed by atoms with E-state index in [0.717, 1.165) is 48.6 Å². The maximum Gasteiger partial charge on any atom is 1.00 e. The van der Waals surface area contributed by atoms with Crippen LogP contribution in [-0.4, -0.2) is 274 Å². The van der Waals surface area contributed by atoms with Crippen molar-refractivity contribution in [2.75, 3.05) is 163 Å². The van der Waals surface area contributed by atoms with E-state index >= 15 is 0 Å². The van der Waals surface area contributed by atoms with Gasteiger partial charge in [0.15, 0.2) is 0 Å². The molecule has 0 aliphatic carbocycles. The molecule has 0 amide bonds. The molecule has 0 saturated heterocycles. The molecule has 2 aromatic heterocycles. The first kappa shape index (κ1) is 84.7. The number of aliphatic hydroxyl groups excluding tert-OH is 10. The number of aromatic nitrogens is 6. The van der Waals surface area contributed by atoms with E-state index in [2.05, 4.69) is 51.2 Å². The van der Waals surface area contributed by atoms with Crippen LogP contribution in [0.5, 0.6) is 0 Å². The molecule has 0 fully saturated rings. The summed E-state index contributed by atoms with van der Waals surface area (Å²) in [4.78, 5) is 29.3. The SMILES string of the molecule is O=S(=O)([O-])c1cccc(Nc2nc(Nc3ccc(/C=C/c4ccc(Nc5nc(Nc6cccc(S(=O)(=O)O)c6)nc(N(CCO)CCO)n5)cc4S(=O)(=O)O)c(S(=O)(=O)[O-])c3)nc(N(CCO)CCO)n2)c1.OCCN(CCO)CCO.OCCN(CCO)CCO.[Na+].[Na+]. The molecule has 36 nitrogen and oxygen atoms in total. The Bertz CT molecular complexity index is 3520. The molecular formula is C52H72N14Na2O22S4. The summed E-state index contributed by atoms with van der Waals surface area (Å²) in [6, 6.07) is 16.6. The Kier molecular flexibility index (Phi) is 38.1. The van der Waals surface area contributed by atoms with E-state index in [1.807, 2.05) is 0 Å². The third kappa shape index (κ3) is 29.1. The van der Waals surface area contributed by atoms with Crippen molar-refractivity contribution in [2.24, 2.45) is 0 Å². The van der Waals surface area contributed by atoms with Gasteiger partial charge in [0.2, 0.25) is 35.7 Å². The van der Waals surface area contributed by atoms with Crippen molar-refractivity contribution in [3.63, 3.8) is 0 Å². The van der Waals surface area contributed by atoms with Gasteiger partial charge in [-0.2, -0.15) is 46.7 Å². The molecule has 6 aromatic rings. The molecule has 16 N–H and O–H groups in total. The average molecular weight is 1420 g/mol. The normalized spacial score (nSPS) is 11.6. The van der Waals surface area contributed by atoms with Gasteiger partial charge in [0.25, 0.3) is 20.2 Å². The number of hydrogen-bond acceptors (Lipinski definition) is 34. The molecule has 0 radical (unpaired) electrons. The molecule has 0 bridgehead atoms. The number of aliphatic hydroxyl groups is 10. The van der Waals surface area contributed by atoms with Crippen LogP contribution in [0.3, 0.4) is 0 Å². The van der Waals surface area contributed by atoms with Crippen LogP contribution in [0.1, 0.15) is 11.1 Å². The average Bonchev–Trinajstić information content (AvgIpc) is 0.830. The minimum Gasteiger partial charge on any atom is -0.744 e. The van der Waals surface area contributed by atoms with Gasteiger partial charge in [-0.15, -0.1) is 0 Å². The number of anilines is 10. The van der Waals surface area contributed by atoms with Crippen molar-refractivity contribution >= 4 is 111 Å². The Hall–Kier alpha value is -5.40. The number of benzene rings is 4. The fourth-order valence-corrected chi connectivity index (χ4v) is 10.4. The third-order valence-corrected chi connectivity index (χ3v) is 15.6. The summed E-state index contributed by atoms with van der Waals surface area (Å²) in [7, 11) is -19.8. The summed E-state index contributed by atoms with van der Waals surface area (Å²) in [5.74, 6) is -1.29. The van der Waals surface area contributed by atoms with E-state index in [0.29, 0.717) is 39.3 Å². The minimum absolute atomic E-state index is 0. The zero-order valence-corrected chi connectivity index (χ0v) is 58.2. The quantitative estimate of drug-likeness (QED) is 0.00987. The van der Waals surface area contributed by atoms with E-state index in [1.54, 1.807) is 9.80 Å². The Morgan fingerprint density at radius 2 is 0.660 bits per heavy atom. The van der Waals surface area contributed by atoms with Crippen molar-refractivity contribution < 1.29 is 162 Å². The molecule has 0 spiro atoms. The molecule has 2 heterocycles. The van der Waals surface area contributed by atoms with Crippen molar-refractivity contribution in [2.45, 2.75) is 19.6 Å². The van der Waals surface area contributed by atoms with E-state index in [9.17, 15) is 72.3 Å². The van der Waals surface area contributed by atoms with Gasteiger partial charge in [0.05, 0.1) is 80.8 Å². The number of rotatable bonds is 36. The second-order valence-electron chi connectivity index (χ2n) is 18.7. The fraction of sp³-hybridized carbons (Fsp3) is 0.385. The van der Waals surface area contributed by atoms with Gasteiger partial charge in [0, 0.05) is 88.2 Å². The largest absolute Gasteiger partial charge is 1.00 e. The molecule has 0 atom stereocenters. The summed E-state index contributed by atoms with van der Waals surface area (Å²) in [6.45, 7) is 1.59. The maximum absolute atomic E-state index is 12.8. The van der Waals surface area contributed by atoms with E-state index < -0.39 is 86.5 Å². The first-order valence-corrected chi connectivity index (χ1v) is 33.0. The minimum atomic E-state index is -5.30.